The lowest BCUT2D eigenvalue weighted by Crippen LogP contribution is -2.64. The number of thioether (sulfide) groups is 1. The number of amides is 2. The Morgan fingerprint density at radius 1 is 1.17 bits per heavy atom. The van der Waals surface area contributed by atoms with E-state index < -0.39 is 17.4 Å². The highest BCUT2D eigenvalue weighted by Gasteiger charge is 2.49. The van der Waals surface area contributed by atoms with Crippen LogP contribution in [0.3, 0.4) is 0 Å². The van der Waals surface area contributed by atoms with Crippen molar-refractivity contribution in [1.29, 1.82) is 0 Å². The van der Waals surface area contributed by atoms with E-state index in [2.05, 4.69) is 10.3 Å². The number of imidazole rings is 1. The van der Waals surface area contributed by atoms with Gasteiger partial charge in [0.1, 0.15) is 17.0 Å². The molecule has 2 heterocycles. The molecule has 1 N–H and O–H groups in total. The van der Waals surface area contributed by atoms with Crippen molar-refractivity contribution in [2.45, 2.75) is 30.4 Å². The summed E-state index contributed by atoms with van der Waals surface area (Å²) in [6.07, 6.45) is 3.32. The summed E-state index contributed by atoms with van der Waals surface area (Å²) in [6.45, 7) is 2.02. The lowest BCUT2D eigenvalue weighted by Gasteiger charge is -2.43. The summed E-state index contributed by atoms with van der Waals surface area (Å²) in [7, 11) is 2.80. The number of rotatable bonds is 7. The van der Waals surface area contributed by atoms with E-state index in [1.165, 1.54) is 34.7 Å². The van der Waals surface area contributed by atoms with Crippen molar-refractivity contribution in [1.82, 2.24) is 14.9 Å². The average molecular weight is 495 g/mol. The molecule has 4 rings (SSSR count). The quantitative estimate of drug-likeness (QED) is 0.398. The fourth-order valence-corrected chi connectivity index (χ4v) is 4.70. The van der Waals surface area contributed by atoms with Gasteiger partial charge in [0.2, 0.25) is 5.91 Å². The summed E-state index contributed by atoms with van der Waals surface area (Å²) in [4.78, 5) is 46.3. The lowest BCUT2D eigenvalue weighted by molar-refractivity contribution is -0.126. The van der Waals surface area contributed by atoms with Gasteiger partial charge in [0.05, 0.1) is 27.1 Å². The van der Waals surface area contributed by atoms with Crippen molar-refractivity contribution in [2.75, 3.05) is 25.4 Å². The zero-order valence-corrected chi connectivity index (χ0v) is 20.7. The molecule has 182 valence electrons. The number of benzene rings is 2. The molecule has 1 aliphatic rings. The second kappa shape index (κ2) is 9.83. The maximum atomic E-state index is 13.9. The first-order chi connectivity index (χ1) is 16.8. The number of carbonyl (C=O) groups excluding carboxylic acids is 3. The molecule has 10 heteroatoms. The van der Waals surface area contributed by atoms with E-state index in [0.717, 1.165) is 10.5 Å². The number of nitrogens with zero attached hydrogens (tertiary/aromatic N) is 3. The molecule has 0 spiro atoms. The monoisotopic (exact) mass is 494 g/mol. The van der Waals surface area contributed by atoms with E-state index in [1.54, 1.807) is 20.1 Å². The summed E-state index contributed by atoms with van der Waals surface area (Å²) >= 11 is 1.52. The first-order valence-corrected chi connectivity index (χ1v) is 12.1. The van der Waals surface area contributed by atoms with Crippen LogP contribution in [0.4, 0.5) is 5.69 Å². The van der Waals surface area contributed by atoms with Crippen molar-refractivity contribution in [3.63, 3.8) is 0 Å². The van der Waals surface area contributed by atoms with Gasteiger partial charge >= 0.3 is 5.97 Å². The van der Waals surface area contributed by atoms with Crippen LogP contribution in [0, 0.1) is 0 Å². The van der Waals surface area contributed by atoms with Crippen molar-refractivity contribution in [3.05, 3.63) is 71.8 Å². The minimum Gasteiger partial charge on any atom is -0.496 e. The van der Waals surface area contributed by atoms with Gasteiger partial charge < -0.3 is 19.4 Å². The number of fused-ring (bicyclic) bond motifs is 1. The highest BCUT2D eigenvalue weighted by Crippen LogP contribution is 2.35. The van der Waals surface area contributed by atoms with Gasteiger partial charge in [0.15, 0.2) is 5.69 Å². The maximum Gasteiger partial charge on any atom is 0.359 e. The first kappa shape index (κ1) is 24.3. The van der Waals surface area contributed by atoms with E-state index >= 15 is 0 Å². The molecule has 1 atom stereocenters. The predicted molar refractivity (Wildman–Crippen MR) is 132 cm³/mol. The van der Waals surface area contributed by atoms with Crippen LogP contribution in [0.1, 0.15) is 33.5 Å². The topological polar surface area (TPSA) is 103 Å². The molecule has 9 nitrogen and oxygen atoms in total. The standard InChI is InChI=1S/C25H26N4O5S/c1-25(24(32)26-13-16-8-5-6-11-19(16)33-2)14-28-15-27-20(23(31)34-3)21(28)22(30)29(25)17-9-7-10-18(12-17)35-4/h5-12,15H,13-14H2,1-4H3,(H,26,32). The molecule has 2 aromatic carbocycles. The third-order valence-corrected chi connectivity index (χ3v) is 6.75. The molecular formula is C25H26N4O5S. The van der Waals surface area contributed by atoms with Crippen molar-refractivity contribution in [3.8, 4) is 5.75 Å². The van der Waals surface area contributed by atoms with Crippen LogP contribution in [-0.2, 0) is 22.6 Å². The molecule has 0 aliphatic carbocycles. The zero-order valence-electron chi connectivity index (χ0n) is 19.9. The highest BCUT2D eigenvalue weighted by atomic mass is 32.2. The van der Waals surface area contributed by atoms with E-state index in [-0.39, 0.29) is 30.4 Å². The number of para-hydroxylation sites is 1. The third-order valence-electron chi connectivity index (χ3n) is 6.03. The van der Waals surface area contributed by atoms with Crippen LogP contribution < -0.4 is 15.0 Å². The van der Waals surface area contributed by atoms with Crippen LogP contribution in [0.15, 0.2) is 59.8 Å². The number of carbonyl (C=O) groups is 3. The second-order valence-corrected chi connectivity index (χ2v) is 9.05. The Morgan fingerprint density at radius 3 is 2.66 bits per heavy atom. The van der Waals surface area contributed by atoms with Crippen molar-refractivity contribution in [2.24, 2.45) is 0 Å². The number of hydrogen-bond donors (Lipinski definition) is 1. The highest BCUT2D eigenvalue weighted by molar-refractivity contribution is 7.98. The van der Waals surface area contributed by atoms with Gasteiger partial charge in [-0.2, -0.15) is 0 Å². The van der Waals surface area contributed by atoms with Gasteiger partial charge in [-0.25, -0.2) is 9.78 Å². The van der Waals surface area contributed by atoms with Gasteiger partial charge in [-0.05, 0) is 37.4 Å². The number of esters is 1. The Kier molecular flexibility index (Phi) is 6.83. The number of aromatic nitrogens is 2. The van der Waals surface area contributed by atoms with Crippen LogP contribution in [0.25, 0.3) is 0 Å². The molecule has 2 amide bonds. The Balaban J connectivity index is 1.76. The van der Waals surface area contributed by atoms with E-state index in [0.29, 0.717) is 11.4 Å². The van der Waals surface area contributed by atoms with Crippen LogP contribution in [0.5, 0.6) is 5.75 Å². The number of anilines is 1. The normalized spacial score (nSPS) is 17.0. The lowest BCUT2D eigenvalue weighted by atomic mass is 9.93. The van der Waals surface area contributed by atoms with Gasteiger partial charge in [-0.3, -0.25) is 14.5 Å². The average Bonchev–Trinajstić information content (AvgIpc) is 3.30. The molecule has 1 aromatic heterocycles. The molecule has 1 aliphatic heterocycles. The van der Waals surface area contributed by atoms with Gasteiger partial charge in [-0.1, -0.05) is 24.3 Å². The molecule has 0 saturated carbocycles. The number of nitrogens with one attached hydrogen (secondary N) is 1. The Morgan fingerprint density at radius 2 is 1.94 bits per heavy atom. The maximum absolute atomic E-state index is 13.9. The largest absolute Gasteiger partial charge is 0.496 e. The molecule has 35 heavy (non-hydrogen) atoms. The Labute approximate surface area is 207 Å². The molecule has 0 fully saturated rings. The first-order valence-electron chi connectivity index (χ1n) is 10.9. The number of methoxy groups -OCH3 is 2. The zero-order chi connectivity index (χ0) is 25.2. The smallest absolute Gasteiger partial charge is 0.359 e. The summed E-state index contributed by atoms with van der Waals surface area (Å²) < 4.78 is 11.7. The van der Waals surface area contributed by atoms with Gasteiger partial charge in [-0.15, -0.1) is 11.8 Å². The van der Waals surface area contributed by atoms with Crippen LogP contribution in [-0.4, -0.2) is 53.3 Å². The molecule has 0 bridgehead atoms. The fraction of sp³-hybridized carbons (Fsp3) is 0.280. The summed E-state index contributed by atoms with van der Waals surface area (Å²) in [5.74, 6) is -0.927. The third kappa shape index (κ3) is 4.37. The minimum atomic E-state index is -1.31. The molecule has 3 aromatic rings. The minimum absolute atomic E-state index is 0.0833. The Bertz CT molecular complexity index is 1290. The van der Waals surface area contributed by atoms with Crippen LogP contribution >= 0.6 is 11.8 Å². The number of hydrogen-bond acceptors (Lipinski definition) is 7. The molecule has 0 radical (unpaired) electrons. The summed E-state index contributed by atoms with van der Waals surface area (Å²) in [6, 6.07) is 14.8. The molecule has 0 saturated heterocycles. The van der Waals surface area contributed by atoms with Crippen molar-refractivity contribution < 1.29 is 23.9 Å². The predicted octanol–water partition coefficient (Wildman–Crippen LogP) is 3.14. The number of ether oxygens (including phenoxy) is 2. The SMILES string of the molecule is COC(=O)c1ncn2c1C(=O)N(c1cccc(SC)c1)C(C)(C(=O)NCc1ccccc1OC)C2. The Hall–Kier alpha value is -3.79. The molecule has 1 unspecified atom stereocenters. The fourth-order valence-electron chi connectivity index (χ4n) is 4.24. The molecular weight excluding hydrogens is 468 g/mol. The van der Waals surface area contributed by atoms with E-state index in [4.69, 9.17) is 9.47 Å². The van der Waals surface area contributed by atoms with Gasteiger partial charge in [0.25, 0.3) is 5.91 Å². The van der Waals surface area contributed by atoms with Crippen molar-refractivity contribution >= 4 is 35.2 Å². The second-order valence-electron chi connectivity index (χ2n) is 8.17. The summed E-state index contributed by atoms with van der Waals surface area (Å²) in [5, 5.41) is 2.96. The van der Waals surface area contributed by atoms with E-state index in [1.807, 2.05) is 48.7 Å². The van der Waals surface area contributed by atoms with Gasteiger partial charge in [0, 0.05) is 22.7 Å². The van der Waals surface area contributed by atoms with E-state index in [9.17, 15) is 14.4 Å². The van der Waals surface area contributed by atoms with Crippen LogP contribution in [0.2, 0.25) is 0 Å². The summed E-state index contributed by atoms with van der Waals surface area (Å²) in [5.41, 5.74) is 0.0415.